The van der Waals surface area contributed by atoms with E-state index in [0.29, 0.717) is 0 Å². The number of hydrogen-bond acceptors (Lipinski definition) is 2. The van der Waals surface area contributed by atoms with E-state index < -0.39 is 0 Å². The van der Waals surface area contributed by atoms with Gasteiger partial charge in [0.15, 0.2) is 0 Å². The number of H-pyrrole nitrogens is 1. The van der Waals surface area contributed by atoms with E-state index in [1.54, 1.807) is 0 Å². The highest BCUT2D eigenvalue weighted by Gasteiger charge is 2.06. The Bertz CT molecular complexity index is 207. The van der Waals surface area contributed by atoms with E-state index in [4.69, 9.17) is 10.8 Å². The lowest BCUT2D eigenvalue weighted by atomic mass is 10.1. The second-order valence-corrected chi connectivity index (χ2v) is 2.35. The third kappa shape index (κ3) is 1.20. The molecule has 0 aliphatic rings. The molecule has 56 valence electrons. The lowest BCUT2D eigenvalue weighted by molar-refractivity contribution is 0.267. The van der Waals surface area contributed by atoms with Gasteiger partial charge >= 0.3 is 0 Å². The zero-order valence-electron chi connectivity index (χ0n) is 5.96. The van der Waals surface area contributed by atoms with Gasteiger partial charge in [0.2, 0.25) is 0 Å². The minimum absolute atomic E-state index is 0.00130. The predicted molar refractivity (Wildman–Crippen MR) is 39.5 cm³/mol. The lowest BCUT2D eigenvalue weighted by Gasteiger charge is -2.05. The standard InChI is InChI=1S/C7H12N2O/c1-5-6(2-3-9-5)7(8)4-10/h2-3,7,9-10H,4,8H2,1H3. The fourth-order valence-corrected chi connectivity index (χ4v) is 0.965. The van der Waals surface area contributed by atoms with Gasteiger partial charge in [-0.1, -0.05) is 0 Å². The quantitative estimate of drug-likeness (QED) is 0.553. The Morgan fingerprint density at radius 3 is 2.90 bits per heavy atom. The van der Waals surface area contributed by atoms with Crippen molar-refractivity contribution in [2.75, 3.05) is 6.61 Å². The molecule has 0 aromatic carbocycles. The summed E-state index contributed by atoms with van der Waals surface area (Å²) in [4.78, 5) is 2.99. The number of nitrogens with one attached hydrogen (secondary N) is 1. The normalized spacial score (nSPS) is 13.5. The fourth-order valence-electron chi connectivity index (χ4n) is 0.965. The third-order valence-electron chi connectivity index (χ3n) is 1.59. The molecule has 3 nitrogen and oxygen atoms in total. The number of aliphatic hydroxyl groups is 1. The van der Waals surface area contributed by atoms with E-state index in [1.165, 1.54) is 0 Å². The summed E-state index contributed by atoms with van der Waals surface area (Å²) in [6.07, 6.45) is 1.82. The van der Waals surface area contributed by atoms with Crippen LogP contribution in [0.4, 0.5) is 0 Å². The molecule has 4 N–H and O–H groups in total. The van der Waals surface area contributed by atoms with Crippen molar-refractivity contribution in [3.8, 4) is 0 Å². The van der Waals surface area contributed by atoms with Gasteiger partial charge in [-0.15, -0.1) is 0 Å². The highest BCUT2D eigenvalue weighted by molar-refractivity contribution is 5.22. The molecule has 0 amide bonds. The second kappa shape index (κ2) is 2.86. The molecular weight excluding hydrogens is 128 g/mol. The van der Waals surface area contributed by atoms with Crippen LogP contribution >= 0.6 is 0 Å². The first-order valence-electron chi connectivity index (χ1n) is 3.26. The molecule has 0 aliphatic heterocycles. The Balaban J connectivity index is 2.82. The summed E-state index contributed by atoms with van der Waals surface area (Å²) in [5.74, 6) is 0. The van der Waals surface area contributed by atoms with Crippen LogP contribution in [-0.4, -0.2) is 16.7 Å². The van der Waals surface area contributed by atoms with Crippen LogP contribution in [0.25, 0.3) is 0 Å². The van der Waals surface area contributed by atoms with Crippen molar-refractivity contribution in [1.82, 2.24) is 4.98 Å². The van der Waals surface area contributed by atoms with Crippen LogP contribution in [0.5, 0.6) is 0 Å². The molecule has 0 fully saturated rings. The minimum Gasteiger partial charge on any atom is -0.394 e. The molecule has 3 heteroatoms. The Hall–Kier alpha value is -0.800. The van der Waals surface area contributed by atoms with Crippen molar-refractivity contribution < 1.29 is 5.11 Å². The smallest absolute Gasteiger partial charge is 0.0625 e. The average molecular weight is 140 g/mol. The zero-order valence-corrected chi connectivity index (χ0v) is 5.96. The maximum absolute atomic E-state index is 8.69. The van der Waals surface area contributed by atoms with Crippen molar-refractivity contribution in [2.24, 2.45) is 5.73 Å². The van der Waals surface area contributed by atoms with Gasteiger partial charge in [-0.3, -0.25) is 0 Å². The molecule has 1 atom stereocenters. The Morgan fingerprint density at radius 2 is 2.50 bits per heavy atom. The third-order valence-corrected chi connectivity index (χ3v) is 1.59. The largest absolute Gasteiger partial charge is 0.394 e. The topological polar surface area (TPSA) is 62.0 Å². The van der Waals surface area contributed by atoms with E-state index >= 15 is 0 Å². The minimum atomic E-state index is -0.244. The number of hydrogen-bond donors (Lipinski definition) is 3. The van der Waals surface area contributed by atoms with Crippen molar-refractivity contribution in [2.45, 2.75) is 13.0 Å². The van der Waals surface area contributed by atoms with Gasteiger partial charge in [-0.05, 0) is 18.6 Å². The molecule has 0 bridgehead atoms. The van der Waals surface area contributed by atoms with E-state index in [9.17, 15) is 0 Å². The van der Waals surface area contributed by atoms with Crippen molar-refractivity contribution in [3.63, 3.8) is 0 Å². The van der Waals surface area contributed by atoms with Gasteiger partial charge in [0.1, 0.15) is 0 Å². The fraction of sp³-hybridized carbons (Fsp3) is 0.429. The monoisotopic (exact) mass is 140 g/mol. The van der Waals surface area contributed by atoms with Crippen LogP contribution in [0.3, 0.4) is 0 Å². The predicted octanol–water partition coefficient (Wildman–Crippen LogP) is 0.315. The number of aromatic amines is 1. The summed E-state index contributed by atoms with van der Waals surface area (Å²) >= 11 is 0. The molecule has 1 aromatic heterocycles. The lowest BCUT2D eigenvalue weighted by Crippen LogP contribution is -2.14. The molecule has 10 heavy (non-hydrogen) atoms. The Labute approximate surface area is 59.9 Å². The zero-order chi connectivity index (χ0) is 7.56. The molecular formula is C7H12N2O. The van der Waals surface area contributed by atoms with Crippen molar-refractivity contribution in [3.05, 3.63) is 23.5 Å². The first kappa shape index (κ1) is 7.31. The number of aryl methyl sites for hydroxylation is 1. The van der Waals surface area contributed by atoms with Crippen LogP contribution in [0, 0.1) is 6.92 Å². The summed E-state index contributed by atoms with van der Waals surface area (Å²) in [6.45, 7) is 1.93. The van der Waals surface area contributed by atoms with Crippen LogP contribution in [-0.2, 0) is 0 Å². The van der Waals surface area contributed by atoms with E-state index in [1.807, 2.05) is 19.2 Å². The molecule has 0 aliphatic carbocycles. The van der Waals surface area contributed by atoms with Gasteiger partial charge in [-0.2, -0.15) is 0 Å². The number of rotatable bonds is 2. The van der Waals surface area contributed by atoms with E-state index in [0.717, 1.165) is 11.3 Å². The summed E-state index contributed by atoms with van der Waals surface area (Å²) in [5.41, 5.74) is 7.59. The number of aromatic nitrogens is 1. The Kier molecular flexibility index (Phi) is 2.09. The maximum Gasteiger partial charge on any atom is 0.0625 e. The van der Waals surface area contributed by atoms with Gasteiger partial charge in [0.25, 0.3) is 0 Å². The van der Waals surface area contributed by atoms with Gasteiger partial charge in [0.05, 0.1) is 12.6 Å². The summed E-state index contributed by atoms with van der Waals surface area (Å²) in [5, 5.41) is 8.69. The molecule has 0 radical (unpaired) electrons. The molecule has 0 saturated heterocycles. The first-order valence-corrected chi connectivity index (χ1v) is 3.26. The van der Waals surface area contributed by atoms with Crippen LogP contribution in [0.15, 0.2) is 12.3 Å². The summed E-state index contributed by atoms with van der Waals surface area (Å²) in [7, 11) is 0. The Morgan fingerprint density at radius 1 is 1.80 bits per heavy atom. The van der Waals surface area contributed by atoms with Crippen LogP contribution in [0.2, 0.25) is 0 Å². The summed E-state index contributed by atoms with van der Waals surface area (Å²) < 4.78 is 0. The van der Waals surface area contributed by atoms with Crippen LogP contribution < -0.4 is 5.73 Å². The first-order chi connectivity index (χ1) is 4.75. The number of nitrogens with two attached hydrogens (primary N) is 1. The molecule has 1 rings (SSSR count). The highest BCUT2D eigenvalue weighted by atomic mass is 16.3. The molecule has 0 saturated carbocycles. The molecule has 1 heterocycles. The highest BCUT2D eigenvalue weighted by Crippen LogP contribution is 2.12. The second-order valence-electron chi connectivity index (χ2n) is 2.35. The van der Waals surface area contributed by atoms with E-state index in [2.05, 4.69) is 4.98 Å². The van der Waals surface area contributed by atoms with Crippen molar-refractivity contribution in [1.29, 1.82) is 0 Å². The van der Waals surface area contributed by atoms with Crippen LogP contribution in [0.1, 0.15) is 17.3 Å². The van der Waals surface area contributed by atoms with Gasteiger partial charge in [0, 0.05) is 11.9 Å². The molecule has 1 aromatic rings. The summed E-state index contributed by atoms with van der Waals surface area (Å²) in [6, 6.07) is 1.64. The number of aliphatic hydroxyl groups excluding tert-OH is 1. The SMILES string of the molecule is Cc1[nH]ccc1C(N)CO. The molecule has 0 spiro atoms. The van der Waals surface area contributed by atoms with Gasteiger partial charge in [-0.25, -0.2) is 0 Å². The average Bonchev–Trinajstić information content (AvgIpc) is 2.34. The van der Waals surface area contributed by atoms with Crippen molar-refractivity contribution >= 4 is 0 Å². The van der Waals surface area contributed by atoms with E-state index in [-0.39, 0.29) is 12.6 Å². The molecule has 1 unspecified atom stereocenters. The maximum atomic E-state index is 8.69. The van der Waals surface area contributed by atoms with Gasteiger partial charge < -0.3 is 15.8 Å².